The molecule has 0 radical (unpaired) electrons. The van der Waals surface area contributed by atoms with Gasteiger partial charge in [-0.3, -0.25) is 9.36 Å². The Morgan fingerprint density at radius 2 is 2.10 bits per heavy atom. The van der Waals surface area contributed by atoms with Crippen LogP contribution >= 0.6 is 11.6 Å². The molecule has 1 aromatic carbocycles. The van der Waals surface area contributed by atoms with Crippen molar-refractivity contribution in [1.82, 2.24) is 9.55 Å². The van der Waals surface area contributed by atoms with Gasteiger partial charge in [0.05, 0.1) is 12.8 Å². The lowest BCUT2D eigenvalue weighted by Crippen LogP contribution is -2.22. The van der Waals surface area contributed by atoms with Crippen LogP contribution in [0.1, 0.15) is 12.8 Å². The Labute approximate surface area is 122 Å². The van der Waals surface area contributed by atoms with Crippen molar-refractivity contribution >= 4 is 11.6 Å². The predicted molar refractivity (Wildman–Crippen MR) is 79.8 cm³/mol. The Hall–Kier alpha value is -2.07. The summed E-state index contributed by atoms with van der Waals surface area (Å²) in [6.45, 7) is 4.04. The van der Waals surface area contributed by atoms with Crippen LogP contribution in [0.4, 0.5) is 0 Å². The summed E-state index contributed by atoms with van der Waals surface area (Å²) in [5, 5.41) is 0.215. The molecule has 0 fully saturated rings. The van der Waals surface area contributed by atoms with Crippen LogP contribution in [0.3, 0.4) is 0 Å². The number of para-hydroxylation sites is 1. The average molecular weight is 291 g/mol. The summed E-state index contributed by atoms with van der Waals surface area (Å²) in [5.74, 6) is 0.0189. The molecule has 2 aromatic rings. The molecular formula is C15H15ClN2O2. The maximum Gasteiger partial charge on any atom is 0.317 e. The van der Waals surface area contributed by atoms with Crippen molar-refractivity contribution in [3.8, 4) is 11.6 Å². The van der Waals surface area contributed by atoms with Gasteiger partial charge in [-0.15, -0.1) is 6.58 Å². The molecule has 0 N–H and O–H groups in total. The predicted octanol–water partition coefficient (Wildman–Crippen LogP) is 3.23. The second kappa shape index (κ2) is 6.91. The molecule has 0 spiro atoms. The molecule has 0 aliphatic heterocycles. The Bertz CT molecular complexity index is 638. The largest absolute Gasteiger partial charge is 0.474 e. The third kappa shape index (κ3) is 3.48. The third-order valence-corrected chi connectivity index (χ3v) is 2.85. The van der Waals surface area contributed by atoms with Gasteiger partial charge in [-0.05, 0) is 25.0 Å². The molecule has 0 aliphatic carbocycles. The molecule has 0 saturated heterocycles. The highest BCUT2D eigenvalue weighted by molar-refractivity contribution is 6.29. The fourth-order valence-electron chi connectivity index (χ4n) is 1.71. The average Bonchev–Trinajstić information content (AvgIpc) is 2.47. The first-order valence-corrected chi connectivity index (χ1v) is 6.68. The molecule has 1 aromatic heterocycles. The minimum absolute atomic E-state index is 0.0189. The number of hydrogen-bond acceptors (Lipinski definition) is 3. The first-order chi connectivity index (χ1) is 9.72. The molecule has 0 unspecified atom stereocenters. The van der Waals surface area contributed by atoms with E-state index in [1.807, 2.05) is 30.3 Å². The zero-order valence-corrected chi connectivity index (χ0v) is 11.7. The summed E-state index contributed by atoms with van der Waals surface area (Å²) in [7, 11) is 0. The molecule has 0 aliphatic rings. The number of unbranched alkanes of at least 4 members (excludes halogenated alkanes) is 1. The Balaban J connectivity index is 2.28. The van der Waals surface area contributed by atoms with Crippen LogP contribution in [0.5, 0.6) is 5.88 Å². The number of rotatable bonds is 6. The highest BCUT2D eigenvalue weighted by atomic mass is 35.5. The van der Waals surface area contributed by atoms with Crippen molar-refractivity contribution in [3.05, 3.63) is 64.7 Å². The quantitative estimate of drug-likeness (QED) is 0.606. The van der Waals surface area contributed by atoms with E-state index >= 15 is 0 Å². The van der Waals surface area contributed by atoms with Crippen LogP contribution in [0.25, 0.3) is 5.69 Å². The molecule has 0 amide bonds. The molecule has 5 heteroatoms. The van der Waals surface area contributed by atoms with E-state index in [2.05, 4.69) is 11.6 Å². The molecule has 104 valence electrons. The van der Waals surface area contributed by atoms with E-state index in [-0.39, 0.29) is 16.6 Å². The second-order valence-corrected chi connectivity index (χ2v) is 4.55. The van der Waals surface area contributed by atoms with Gasteiger partial charge in [-0.1, -0.05) is 35.9 Å². The van der Waals surface area contributed by atoms with Crippen LogP contribution in [0.2, 0.25) is 5.15 Å². The minimum atomic E-state index is -0.320. The van der Waals surface area contributed by atoms with Crippen molar-refractivity contribution in [2.24, 2.45) is 0 Å². The summed E-state index contributed by atoms with van der Waals surface area (Å²) < 4.78 is 6.83. The van der Waals surface area contributed by atoms with Crippen molar-refractivity contribution in [2.75, 3.05) is 6.61 Å². The number of nitrogens with zero attached hydrogens (tertiary/aromatic N) is 2. The van der Waals surface area contributed by atoms with Gasteiger partial charge in [0.1, 0.15) is 5.15 Å². The van der Waals surface area contributed by atoms with E-state index in [4.69, 9.17) is 16.3 Å². The van der Waals surface area contributed by atoms with Crippen LogP contribution in [-0.4, -0.2) is 16.2 Å². The highest BCUT2D eigenvalue weighted by Gasteiger charge is 2.10. The minimum Gasteiger partial charge on any atom is -0.474 e. The number of ether oxygens (including phenoxy) is 1. The first kappa shape index (κ1) is 14.3. The molecule has 0 bridgehead atoms. The van der Waals surface area contributed by atoms with Gasteiger partial charge in [0.25, 0.3) is 5.88 Å². The summed E-state index contributed by atoms with van der Waals surface area (Å²) >= 11 is 5.94. The molecule has 4 nitrogen and oxygen atoms in total. The SMILES string of the molecule is C=CCCCOc1nc(Cl)cn(-c2ccccc2)c1=O. The van der Waals surface area contributed by atoms with Crippen molar-refractivity contribution < 1.29 is 4.74 Å². The van der Waals surface area contributed by atoms with Gasteiger partial charge in [-0.25, -0.2) is 0 Å². The van der Waals surface area contributed by atoms with Gasteiger partial charge in [0.15, 0.2) is 0 Å². The van der Waals surface area contributed by atoms with Crippen LogP contribution in [0.15, 0.2) is 54.0 Å². The lowest BCUT2D eigenvalue weighted by Gasteiger charge is -2.09. The topological polar surface area (TPSA) is 44.1 Å². The van der Waals surface area contributed by atoms with Crippen LogP contribution in [0, 0.1) is 0 Å². The zero-order valence-electron chi connectivity index (χ0n) is 11.0. The molecule has 1 heterocycles. The number of benzene rings is 1. The Kier molecular flexibility index (Phi) is 4.96. The molecule has 0 saturated carbocycles. The second-order valence-electron chi connectivity index (χ2n) is 4.16. The summed E-state index contributed by atoms with van der Waals surface area (Å²) in [6, 6.07) is 9.21. The number of hydrogen-bond donors (Lipinski definition) is 0. The van der Waals surface area contributed by atoms with E-state index in [1.165, 1.54) is 10.8 Å². The van der Waals surface area contributed by atoms with Gasteiger partial charge in [-0.2, -0.15) is 4.98 Å². The molecule has 0 atom stereocenters. The highest BCUT2D eigenvalue weighted by Crippen LogP contribution is 2.12. The van der Waals surface area contributed by atoms with Crippen LogP contribution in [-0.2, 0) is 0 Å². The van der Waals surface area contributed by atoms with Gasteiger partial charge >= 0.3 is 5.56 Å². The number of aromatic nitrogens is 2. The molecule has 2 rings (SSSR count). The standard InChI is InChI=1S/C15H15ClN2O2/c1-2-3-7-10-20-14-15(19)18(11-13(16)17-14)12-8-5-4-6-9-12/h2,4-6,8-9,11H,1,3,7,10H2. The maximum atomic E-state index is 12.3. The van der Waals surface area contributed by atoms with Crippen molar-refractivity contribution in [1.29, 1.82) is 0 Å². The fourth-order valence-corrected chi connectivity index (χ4v) is 1.89. The lowest BCUT2D eigenvalue weighted by molar-refractivity contribution is 0.294. The van der Waals surface area contributed by atoms with Crippen molar-refractivity contribution in [2.45, 2.75) is 12.8 Å². The summed E-state index contributed by atoms with van der Waals surface area (Å²) in [6.07, 6.45) is 4.89. The van der Waals surface area contributed by atoms with E-state index in [0.717, 1.165) is 18.5 Å². The smallest absolute Gasteiger partial charge is 0.317 e. The third-order valence-electron chi connectivity index (χ3n) is 2.67. The van der Waals surface area contributed by atoms with Crippen molar-refractivity contribution in [3.63, 3.8) is 0 Å². The van der Waals surface area contributed by atoms with E-state index in [0.29, 0.717) is 6.61 Å². The molecular weight excluding hydrogens is 276 g/mol. The van der Waals surface area contributed by atoms with Gasteiger partial charge in [0.2, 0.25) is 0 Å². The zero-order chi connectivity index (χ0) is 14.4. The van der Waals surface area contributed by atoms with Gasteiger partial charge in [0, 0.05) is 5.69 Å². The number of halogens is 1. The van der Waals surface area contributed by atoms with Gasteiger partial charge < -0.3 is 4.74 Å². The normalized spacial score (nSPS) is 10.2. The van der Waals surface area contributed by atoms with Crippen LogP contribution < -0.4 is 10.3 Å². The Morgan fingerprint density at radius 3 is 2.80 bits per heavy atom. The summed E-state index contributed by atoms with van der Waals surface area (Å²) in [4.78, 5) is 16.2. The van der Waals surface area contributed by atoms with E-state index in [9.17, 15) is 4.79 Å². The van der Waals surface area contributed by atoms with E-state index in [1.54, 1.807) is 6.08 Å². The number of allylic oxidation sites excluding steroid dienone is 1. The summed E-state index contributed by atoms with van der Waals surface area (Å²) in [5.41, 5.74) is 0.400. The maximum absolute atomic E-state index is 12.3. The van der Waals surface area contributed by atoms with E-state index < -0.39 is 0 Å². The Morgan fingerprint density at radius 1 is 1.35 bits per heavy atom. The lowest BCUT2D eigenvalue weighted by atomic mass is 10.3. The monoisotopic (exact) mass is 290 g/mol. The fraction of sp³-hybridized carbons (Fsp3) is 0.200. The molecule has 20 heavy (non-hydrogen) atoms. The first-order valence-electron chi connectivity index (χ1n) is 6.30.